The number of ether oxygens (including phenoxy) is 1. The number of aromatic nitrogens is 1. The largest absolute Gasteiger partial charge is 0.486 e. The van der Waals surface area contributed by atoms with E-state index in [1.165, 1.54) is 10.6 Å². The zero-order valence-corrected chi connectivity index (χ0v) is 22.9. The van der Waals surface area contributed by atoms with Gasteiger partial charge in [-0.05, 0) is 36.2 Å². The molecule has 2 aromatic carbocycles. The summed E-state index contributed by atoms with van der Waals surface area (Å²) in [5.74, 6) is 0.774. The highest BCUT2D eigenvalue weighted by Crippen LogP contribution is 2.35. The van der Waals surface area contributed by atoms with E-state index in [-0.39, 0.29) is 11.7 Å². The number of sulfonamides is 1. The lowest BCUT2D eigenvalue weighted by atomic mass is 10.1. The van der Waals surface area contributed by atoms with Crippen molar-refractivity contribution in [3.63, 3.8) is 0 Å². The second kappa shape index (κ2) is 10.4. The maximum atomic E-state index is 13.0. The number of thiophene rings is 1. The Hall–Kier alpha value is -2.98. The molecule has 9 heteroatoms. The van der Waals surface area contributed by atoms with Crippen molar-refractivity contribution in [2.24, 2.45) is 7.05 Å². The van der Waals surface area contributed by atoms with Crippen LogP contribution in [0.2, 0.25) is 0 Å². The Labute approximate surface area is 221 Å². The highest BCUT2D eigenvalue weighted by Gasteiger charge is 2.24. The van der Waals surface area contributed by atoms with Crippen LogP contribution in [0.25, 0.3) is 21.2 Å². The second-order valence-corrected chi connectivity index (χ2v) is 12.7. The van der Waals surface area contributed by atoms with Crippen LogP contribution < -0.4 is 10.3 Å². The molecule has 2 aromatic heterocycles. The van der Waals surface area contributed by atoms with E-state index >= 15 is 0 Å². The van der Waals surface area contributed by atoms with Gasteiger partial charge in [-0.1, -0.05) is 42.5 Å². The van der Waals surface area contributed by atoms with Crippen LogP contribution in [0.4, 0.5) is 0 Å². The van der Waals surface area contributed by atoms with E-state index in [1.807, 2.05) is 61.7 Å². The second-order valence-electron chi connectivity index (χ2n) is 9.55. The normalized spacial score (nSPS) is 16.2. The molecule has 0 N–H and O–H groups in total. The lowest BCUT2D eigenvalue weighted by molar-refractivity contribution is 0.183. The molecule has 194 valence electrons. The summed E-state index contributed by atoms with van der Waals surface area (Å²) in [6.07, 6.45) is 3.07. The highest BCUT2D eigenvalue weighted by atomic mass is 32.2. The first-order chi connectivity index (χ1) is 17.7. The molecule has 1 atom stereocenters. The van der Waals surface area contributed by atoms with Crippen molar-refractivity contribution >= 4 is 31.4 Å². The monoisotopic (exact) mass is 537 g/mol. The molecule has 5 rings (SSSR count). The molecule has 0 aliphatic carbocycles. The Morgan fingerprint density at radius 1 is 1.00 bits per heavy atom. The highest BCUT2D eigenvalue weighted by molar-refractivity contribution is 7.88. The summed E-state index contributed by atoms with van der Waals surface area (Å²) >= 11 is 1.63. The van der Waals surface area contributed by atoms with Crippen LogP contribution in [-0.2, 0) is 23.6 Å². The summed E-state index contributed by atoms with van der Waals surface area (Å²) in [6.45, 7) is 5.05. The van der Waals surface area contributed by atoms with Crippen molar-refractivity contribution in [3.05, 3.63) is 87.7 Å². The first-order valence-electron chi connectivity index (χ1n) is 12.3. The van der Waals surface area contributed by atoms with Gasteiger partial charge in [0.2, 0.25) is 10.0 Å². The van der Waals surface area contributed by atoms with Crippen LogP contribution in [0.1, 0.15) is 23.5 Å². The molecule has 1 saturated heterocycles. The van der Waals surface area contributed by atoms with Crippen LogP contribution in [0.15, 0.2) is 71.7 Å². The molecule has 1 fully saturated rings. The Morgan fingerprint density at radius 2 is 1.73 bits per heavy atom. The van der Waals surface area contributed by atoms with E-state index in [4.69, 9.17) is 4.74 Å². The van der Waals surface area contributed by atoms with Crippen molar-refractivity contribution < 1.29 is 13.2 Å². The summed E-state index contributed by atoms with van der Waals surface area (Å²) in [7, 11) is -1.38. The van der Waals surface area contributed by atoms with Gasteiger partial charge in [-0.15, -0.1) is 11.3 Å². The summed E-state index contributed by atoms with van der Waals surface area (Å²) in [6, 6.07) is 20.1. The van der Waals surface area contributed by atoms with E-state index in [9.17, 15) is 13.2 Å². The van der Waals surface area contributed by atoms with E-state index < -0.39 is 10.0 Å². The first-order valence-corrected chi connectivity index (χ1v) is 15.0. The average molecular weight is 538 g/mol. The maximum absolute atomic E-state index is 13.0. The zero-order chi connectivity index (χ0) is 26.2. The van der Waals surface area contributed by atoms with Gasteiger partial charge < -0.3 is 9.30 Å². The number of pyridine rings is 1. The van der Waals surface area contributed by atoms with Crippen molar-refractivity contribution in [3.8, 4) is 16.9 Å². The topological polar surface area (TPSA) is 71.8 Å². The van der Waals surface area contributed by atoms with Crippen LogP contribution in [0.3, 0.4) is 0 Å². The minimum atomic E-state index is -3.16. The van der Waals surface area contributed by atoms with Gasteiger partial charge in [-0.3, -0.25) is 9.69 Å². The number of rotatable bonds is 7. The molecule has 4 aromatic rings. The first kappa shape index (κ1) is 25.7. The summed E-state index contributed by atoms with van der Waals surface area (Å²) in [5.41, 5.74) is 3.08. The van der Waals surface area contributed by atoms with Crippen LogP contribution >= 0.6 is 11.3 Å². The molecule has 37 heavy (non-hydrogen) atoms. The number of piperazine rings is 1. The molecule has 1 aliphatic rings. The molecular weight excluding hydrogens is 506 g/mol. The Kier molecular flexibility index (Phi) is 7.22. The third-order valence-electron chi connectivity index (χ3n) is 6.81. The Bertz CT molecular complexity index is 1570. The lowest BCUT2D eigenvalue weighted by Gasteiger charge is -2.32. The van der Waals surface area contributed by atoms with E-state index in [0.717, 1.165) is 32.0 Å². The van der Waals surface area contributed by atoms with Gasteiger partial charge in [0.15, 0.2) is 0 Å². The summed E-state index contributed by atoms with van der Waals surface area (Å²) in [5, 5.41) is 0.707. The lowest BCUT2D eigenvalue weighted by Crippen LogP contribution is -2.47. The average Bonchev–Trinajstić information content (AvgIpc) is 3.30. The molecule has 0 amide bonds. The van der Waals surface area contributed by atoms with Gasteiger partial charge in [0.05, 0.1) is 11.6 Å². The Balaban J connectivity index is 1.41. The molecule has 1 aliphatic heterocycles. The maximum Gasteiger partial charge on any atom is 0.259 e. The third-order valence-corrected chi connectivity index (χ3v) is 9.26. The van der Waals surface area contributed by atoms with Gasteiger partial charge in [-0.2, -0.15) is 4.31 Å². The molecule has 7 nitrogen and oxygen atoms in total. The number of hydrogen-bond acceptors (Lipinski definition) is 6. The van der Waals surface area contributed by atoms with Crippen LogP contribution in [-0.4, -0.2) is 54.6 Å². The Morgan fingerprint density at radius 3 is 2.43 bits per heavy atom. The van der Waals surface area contributed by atoms with E-state index in [0.29, 0.717) is 38.1 Å². The van der Waals surface area contributed by atoms with Gasteiger partial charge in [0, 0.05) is 61.1 Å². The molecule has 0 radical (unpaired) electrons. The molecule has 3 heterocycles. The smallest absolute Gasteiger partial charge is 0.259 e. The summed E-state index contributed by atoms with van der Waals surface area (Å²) in [4.78, 5) is 16.3. The quantitative estimate of drug-likeness (QED) is 0.348. The predicted molar refractivity (Wildman–Crippen MR) is 150 cm³/mol. The fourth-order valence-corrected chi connectivity index (χ4v) is 6.81. The minimum absolute atomic E-state index is 0.0201. The fourth-order valence-electron chi connectivity index (χ4n) is 4.76. The number of fused-ring (bicyclic) bond motifs is 1. The third kappa shape index (κ3) is 5.65. The zero-order valence-electron chi connectivity index (χ0n) is 21.3. The number of nitrogens with zero attached hydrogens (tertiary/aromatic N) is 3. The fraction of sp³-hybridized carbons (Fsp3) is 0.321. The van der Waals surface area contributed by atoms with Crippen LogP contribution in [0.5, 0.6) is 5.75 Å². The van der Waals surface area contributed by atoms with Gasteiger partial charge in [-0.25, -0.2) is 8.42 Å². The van der Waals surface area contributed by atoms with Gasteiger partial charge in [0.1, 0.15) is 11.9 Å². The van der Waals surface area contributed by atoms with Gasteiger partial charge in [0.25, 0.3) is 5.56 Å². The molecule has 0 bridgehead atoms. The number of aryl methyl sites for hydroxylation is 1. The van der Waals surface area contributed by atoms with Gasteiger partial charge >= 0.3 is 0 Å². The van der Waals surface area contributed by atoms with Crippen molar-refractivity contribution in [1.29, 1.82) is 0 Å². The molecule has 1 unspecified atom stereocenters. The SMILES string of the molecule is CC(Oc1cccc(-c2cn(C)c(=O)c3cc(CN4CCN(S(C)(=O)=O)CC4)sc23)c1)c1ccccc1. The molecule has 0 spiro atoms. The molecule has 0 saturated carbocycles. The molecular formula is C28H31N3O4S2. The minimum Gasteiger partial charge on any atom is -0.486 e. The standard InChI is InChI=1S/C28H31N3O4S2/c1-20(21-8-5-4-6-9-21)35-23-11-7-10-22(16-23)26-19-29(2)28(32)25-17-24(36-27(25)26)18-30-12-14-31(15-13-30)37(3,33)34/h4-11,16-17,19-20H,12-15,18H2,1-3H3. The number of benzene rings is 2. The van der Waals surface area contributed by atoms with Crippen molar-refractivity contribution in [1.82, 2.24) is 13.8 Å². The summed E-state index contributed by atoms with van der Waals surface area (Å²) < 4.78 is 34.0. The predicted octanol–water partition coefficient (Wildman–Crippen LogP) is 4.48. The van der Waals surface area contributed by atoms with E-state index in [1.54, 1.807) is 23.0 Å². The van der Waals surface area contributed by atoms with E-state index in [2.05, 4.69) is 17.0 Å². The van der Waals surface area contributed by atoms with Crippen molar-refractivity contribution in [2.45, 2.75) is 19.6 Å². The van der Waals surface area contributed by atoms with Crippen LogP contribution in [0, 0.1) is 0 Å². The van der Waals surface area contributed by atoms with Crippen molar-refractivity contribution in [2.75, 3.05) is 32.4 Å². The number of hydrogen-bond donors (Lipinski definition) is 0.